The van der Waals surface area contributed by atoms with Crippen molar-refractivity contribution in [2.45, 2.75) is 52.4 Å². The van der Waals surface area contributed by atoms with Crippen molar-refractivity contribution in [3.63, 3.8) is 0 Å². The van der Waals surface area contributed by atoms with E-state index in [0.29, 0.717) is 28.2 Å². The fourth-order valence-corrected chi connectivity index (χ4v) is 3.11. The molecule has 2 aromatic heterocycles. The molecule has 0 aliphatic carbocycles. The second kappa shape index (κ2) is 8.17. The summed E-state index contributed by atoms with van der Waals surface area (Å²) in [6, 6.07) is 9.86. The first-order valence-electron chi connectivity index (χ1n) is 9.91. The highest BCUT2D eigenvalue weighted by atomic mass is 19.4. The predicted octanol–water partition coefficient (Wildman–Crippen LogP) is 5.74. The summed E-state index contributed by atoms with van der Waals surface area (Å²) >= 11 is 0. The molecule has 3 aromatic rings. The van der Waals surface area contributed by atoms with Crippen molar-refractivity contribution in [1.82, 2.24) is 20.1 Å². The summed E-state index contributed by atoms with van der Waals surface area (Å²) < 4.78 is 40.6. The Morgan fingerprint density at radius 3 is 2.16 bits per heavy atom. The van der Waals surface area contributed by atoms with Crippen LogP contribution in [0.2, 0.25) is 0 Å². The number of aromatic nitrogens is 3. The molecule has 0 aliphatic rings. The van der Waals surface area contributed by atoms with Crippen LogP contribution in [0.1, 0.15) is 56.6 Å². The molecule has 0 fully saturated rings. The topological polar surface area (TPSA) is 59.8 Å². The van der Waals surface area contributed by atoms with Gasteiger partial charge in [0.05, 0.1) is 22.6 Å². The number of benzene rings is 1. The van der Waals surface area contributed by atoms with Crippen LogP contribution in [0.4, 0.5) is 13.2 Å². The zero-order valence-corrected chi connectivity index (χ0v) is 18.1. The maximum absolute atomic E-state index is 12.9. The maximum Gasteiger partial charge on any atom is 0.416 e. The van der Waals surface area contributed by atoms with Crippen LogP contribution in [0.15, 0.2) is 48.7 Å². The van der Waals surface area contributed by atoms with Crippen molar-refractivity contribution in [3.05, 3.63) is 59.8 Å². The summed E-state index contributed by atoms with van der Waals surface area (Å²) in [4.78, 5) is 17.5. The van der Waals surface area contributed by atoms with Crippen LogP contribution in [0.25, 0.3) is 22.6 Å². The smallest absolute Gasteiger partial charge is 0.347 e. The molecular weight excluding hydrogens is 405 g/mol. The van der Waals surface area contributed by atoms with Crippen LogP contribution in [-0.2, 0) is 6.18 Å². The van der Waals surface area contributed by atoms with Crippen molar-refractivity contribution in [2.75, 3.05) is 0 Å². The molecular formula is C23H25F3N4O. The van der Waals surface area contributed by atoms with Crippen LogP contribution in [-0.4, -0.2) is 26.2 Å². The van der Waals surface area contributed by atoms with Gasteiger partial charge in [0.25, 0.3) is 5.91 Å². The van der Waals surface area contributed by atoms with Crippen LogP contribution < -0.4 is 5.32 Å². The molecule has 1 N–H and O–H groups in total. The average Bonchev–Trinajstić information content (AvgIpc) is 3.16. The zero-order valence-electron chi connectivity index (χ0n) is 18.1. The first-order valence-corrected chi connectivity index (χ1v) is 9.91. The van der Waals surface area contributed by atoms with Gasteiger partial charge >= 0.3 is 6.18 Å². The Morgan fingerprint density at radius 1 is 1.00 bits per heavy atom. The molecule has 0 atom stereocenters. The highest BCUT2D eigenvalue weighted by molar-refractivity contribution is 5.96. The number of nitrogens with zero attached hydrogens (tertiary/aromatic N) is 3. The Labute approximate surface area is 179 Å². The van der Waals surface area contributed by atoms with Gasteiger partial charge in [0.1, 0.15) is 0 Å². The van der Waals surface area contributed by atoms with E-state index in [2.05, 4.69) is 15.4 Å². The van der Waals surface area contributed by atoms with Crippen molar-refractivity contribution in [2.24, 2.45) is 0 Å². The van der Waals surface area contributed by atoms with Crippen LogP contribution in [0, 0.1) is 0 Å². The number of alkyl halides is 3. The number of hydrogen-bond acceptors (Lipinski definition) is 3. The summed E-state index contributed by atoms with van der Waals surface area (Å²) in [6.07, 6.45) is -2.77. The Hall–Kier alpha value is -3.16. The predicted molar refractivity (Wildman–Crippen MR) is 114 cm³/mol. The van der Waals surface area contributed by atoms with Gasteiger partial charge in [-0.3, -0.25) is 9.48 Å². The van der Waals surface area contributed by atoms with Crippen LogP contribution in [0.5, 0.6) is 0 Å². The van der Waals surface area contributed by atoms with E-state index in [0.717, 1.165) is 12.1 Å². The Morgan fingerprint density at radius 2 is 1.61 bits per heavy atom. The van der Waals surface area contributed by atoms with E-state index in [1.807, 2.05) is 34.6 Å². The normalized spacial score (nSPS) is 12.3. The fraction of sp³-hybridized carbons (Fsp3) is 0.348. The molecule has 0 saturated carbocycles. The summed E-state index contributed by atoms with van der Waals surface area (Å²) in [7, 11) is 0. The molecule has 2 heterocycles. The lowest BCUT2D eigenvalue weighted by atomic mass is 10.0. The zero-order chi connectivity index (χ0) is 23.0. The molecule has 0 aliphatic heterocycles. The minimum Gasteiger partial charge on any atom is -0.347 e. The van der Waals surface area contributed by atoms with E-state index in [1.165, 1.54) is 12.1 Å². The Balaban J connectivity index is 2.13. The highest BCUT2D eigenvalue weighted by Crippen LogP contribution is 2.32. The molecule has 31 heavy (non-hydrogen) atoms. The minimum absolute atomic E-state index is 0.0633. The standard InChI is InChI=1S/C23H25F3N4O/c1-14(2)30-20(10-11-27-30)19-13-16(21(31)29-22(3,4)5)12-18(28-19)15-6-8-17(9-7-15)23(24,25)26/h6-14H,1-5H3,(H,29,31). The quantitative estimate of drug-likeness (QED) is 0.574. The number of carbonyl (C=O) groups excluding carboxylic acids is 1. The lowest BCUT2D eigenvalue weighted by Gasteiger charge is -2.21. The van der Waals surface area contributed by atoms with Gasteiger partial charge in [-0.1, -0.05) is 12.1 Å². The summed E-state index contributed by atoms with van der Waals surface area (Å²) in [5, 5.41) is 7.23. The number of halogens is 3. The monoisotopic (exact) mass is 430 g/mol. The molecule has 164 valence electrons. The lowest BCUT2D eigenvalue weighted by molar-refractivity contribution is -0.137. The van der Waals surface area contributed by atoms with E-state index < -0.39 is 17.3 Å². The number of pyridine rings is 1. The van der Waals surface area contributed by atoms with E-state index in [4.69, 9.17) is 0 Å². The summed E-state index contributed by atoms with van der Waals surface area (Å²) in [5.74, 6) is -0.292. The minimum atomic E-state index is -4.42. The maximum atomic E-state index is 12.9. The number of carbonyl (C=O) groups is 1. The summed E-state index contributed by atoms with van der Waals surface area (Å²) in [5.41, 5.74) is 1.30. The summed E-state index contributed by atoms with van der Waals surface area (Å²) in [6.45, 7) is 9.57. The van der Waals surface area contributed by atoms with E-state index in [-0.39, 0.29) is 11.9 Å². The fourth-order valence-electron chi connectivity index (χ4n) is 3.11. The first-order chi connectivity index (χ1) is 14.3. The molecule has 0 bridgehead atoms. The van der Waals surface area contributed by atoms with Gasteiger partial charge in [0.2, 0.25) is 0 Å². The molecule has 0 spiro atoms. The third kappa shape index (κ3) is 5.31. The van der Waals surface area contributed by atoms with Gasteiger partial charge in [-0.05, 0) is 65.0 Å². The second-order valence-corrected chi connectivity index (χ2v) is 8.66. The first kappa shape index (κ1) is 22.5. The molecule has 0 radical (unpaired) electrons. The van der Waals surface area contributed by atoms with Crippen LogP contribution in [0.3, 0.4) is 0 Å². The molecule has 1 aromatic carbocycles. The van der Waals surface area contributed by atoms with E-state index in [9.17, 15) is 18.0 Å². The van der Waals surface area contributed by atoms with Crippen molar-refractivity contribution in [1.29, 1.82) is 0 Å². The average molecular weight is 430 g/mol. The van der Waals surface area contributed by atoms with Crippen molar-refractivity contribution < 1.29 is 18.0 Å². The third-order valence-corrected chi connectivity index (χ3v) is 4.51. The molecule has 0 unspecified atom stereocenters. The van der Waals surface area contributed by atoms with Crippen molar-refractivity contribution >= 4 is 5.91 Å². The second-order valence-electron chi connectivity index (χ2n) is 8.66. The molecule has 3 rings (SSSR count). The largest absolute Gasteiger partial charge is 0.416 e. The number of rotatable bonds is 4. The Bertz CT molecular complexity index is 1080. The van der Waals surface area contributed by atoms with Gasteiger partial charge in [-0.15, -0.1) is 0 Å². The van der Waals surface area contributed by atoms with Crippen molar-refractivity contribution in [3.8, 4) is 22.6 Å². The highest BCUT2D eigenvalue weighted by Gasteiger charge is 2.30. The molecule has 1 amide bonds. The lowest BCUT2D eigenvalue weighted by Crippen LogP contribution is -2.40. The third-order valence-electron chi connectivity index (χ3n) is 4.51. The number of amides is 1. The van der Waals surface area contributed by atoms with Gasteiger partial charge in [0.15, 0.2) is 0 Å². The number of nitrogens with one attached hydrogen (secondary N) is 1. The van der Waals surface area contributed by atoms with Gasteiger partial charge in [0, 0.05) is 28.9 Å². The van der Waals surface area contributed by atoms with Gasteiger partial charge in [-0.25, -0.2) is 4.98 Å². The molecule has 5 nitrogen and oxygen atoms in total. The van der Waals surface area contributed by atoms with Crippen LogP contribution >= 0.6 is 0 Å². The Kier molecular flexibility index (Phi) is 5.93. The SMILES string of the molecule is CC(C)n1nccc1-c1cc(C(=O)NC(C)(C)C)cc(-c2ccc(C(F)(F)F)cc2)n1. The van der Waals surface area contributed by atoms with Gasteiger partial charge in [-0.2, -0.15) is 18.3 Å². The van der Waals surface area contributed by atoms with Gasteiger partial charge < -0.3 is 5.32 Å². The van der Waals surface area contributed by atoms with E-state index in [1.54, 1.807) is 29.1 Å². The number of hydrogen-bond donors (Lipinski definition) is 1. The molecule has 8 heteroatoms. The van der Waals surface area contributed by atoms with E-state index >= 15 is 0 Å². The molecule has 0 saturated heterocycles.